The van der Waals surface area contributed by atoms with Crippen molar-refractivity contribution in [2.75, 3.05) is 20.1 Å². The van der Waals surface area contributed by atoms with Crippen molar-refractivity contribution < 1.29 is 8.42 Å². The van der Waals surface area contributed by atoms with E-state index in [-0.39, 0.29) is 28.9 Å². The van der Waals surface area contributed by atoms with Gasteiger partial charge in [0.2, 0.25) is 10.0 Å². The second-order valence-corrected chi connectivity index (χ2v) is 6.60. The van der Waals surface area contributed by atoms with Gasteiger partial charge in [-0.2, -0.15) is 0 Å². The Labute approximate surface area is 131 Å². The Morgan fingerprint density at radius 2 is 1.83 bits per heavy atom. The molecule has 0 aliphatic carbocycles. The molecule has 0 amide bonds. The van der Waals surface area contributed by atoms with Crippen LogP contribution in [0.3, 0.4) is 0 Å². The van der Waals surface area contributed by atoms with E-state index in [0.29, 0.717) is 16.0 Å². The molecule has 4 nitrogen and oxygen atoms in total. The first-order valence-corrected chi connectivity index (χ1v) is 7.70. The minimum atomic E-state index is -3.61. The highest BCUT2D eigenvalue weighted by Crippen LogP contribution is 2.31. The lowest BCUT2D eigenvalue weighted by atomic mass is 10.4. The molecular formula is C9H12BrCl3N2O2S. The first kappa shape index (κ1) is 18.4. The van der Waals surface area contributed by atoms with Gasteiger partial charge in [-0.1, -0.05) is 23.2 Å². The average Bonchev–Trinajstić information content (AvgIpc) is 2.23. The molecule has 18 heavy (non-hydrogen) atoms. The summed E-state index contributed by atoms with van der Waals surface area (Å²) >= 11 is 14.8. The van der Waals surface area contributed by atoms with Crippen molar-refractivity contribution in [1.82, 2.24) is 10.0 Å². The Balaban J connectivity index is 0.00000289. The van der Waals surface area contributed by atoms with Crippen molar-refractivity contribution in [2.24, 2.45) is 0 Å². The molecule has 9 heteroatoms. The number of hydrogen-bond donors (Lipinski definition) is 2. The summed E-state index contributed by atoms with van der Waals surface area (Å²) in [5.74, 6) is 0. The fraction of sp³-hybridized carbons (Fsp3) is 0.333. The van der Waals surface area contributed by atoms with Crippen molar-refractivity contribution in [1.29, 1.82) is 0 Å². The molecule has 0 heterocycles. The summed E-state index contributed by atoms with van der Waals surface area (Å²) in [4.78, 5) is 0.00606. The normalized spacial score (nSPS) is 11.1. The van der Waals surface area contributed by atoms with Gasteiger partial charge in [0.05, 0.1) is 10.0 Å². The monoisotopic (exact) mass is 396 g/mol. The minimum absolute atomic E-state index is 0. The van der Waals surface area contributed by atoms with Gasteiger partial charge in [0.15, 0.2) is 0 Å². The van der Waals surface area contributed by atoms with Crippen LogP contribution in [-0.4, -0.2) is 28.6 Å². The molecule has 0 saturated carbocycles. The van der Waals surface area contributed by atoms with Gasteiger partial charge in [-0.05, 0) is 35.1 Å². The molecule has 104 valence electrons. The second-order valence-electron chi connectivity index (χ2n) is 3.20. The van der Waals surface area contributed by atoms with Gasteiger partial charge in [-0.15, -0.1) is 12.4 Å². The van der Waals surface area contributed by atoms with Crippen LogP contribution in [0.1, 0.15) is 0 Å². The van der Waals surface area contributed by atoms with E-state index in [1.165, 1.54) is 12.1 Å². The SMILES string of the molecule is CNCCNS(=O)(=O)c1cc(Br)c(Cl)cc1Cl.Cl. The summed E-state index contributed by atoms with van der Waals surface area (Å²) in [7, 11) is -1.88. The van der Waals surface area contributed by atoms with E-state index in [1.807, 2.05) is 0 Å². The molecule has 0 radical (unpaired) electrons. The standard InChI is InChI=1S/C9H11BrCl2N2O2S.ClH/c1-13-2-3-14-17(15,16)9-4-6(10)7(11)5-8(9)12;/h4-5,13-14H,2-3H2,1H3;1H. The molecule has 0 bridgehead atoms. The third-order valence-corrected chi connectivity index (χ3v) is 5.05. The number of benzene rings is 1. The van der Waals surface area contributed by atoms with Crippen LogP contribution in [0.25, 0.3) is 0 Å². The van der Waals surface area contributed by atoms with Crippen molar-refractivity contribution in [2.45, 2.75) is 4.90 Å². The lowest BCUT2D eigenvalue weighted by molar-refractivity contribution is 0.579. The van der Waals surface area contributed by atoms with E-state index in [2.05, 4.69) is 26.0 Å². The van der Waals surface area contributed by atoms with Crippen LogP contribution in [0.5, 0.6) is 0 Å². The second kappa shape index (κ2) is 7.89. The van der Waals surface area contributed by atoms with Gasteiger partial charge >= 0.3 is 0 Å². The molecule has 1 rings (SSSR count). The van der Waals surface area contributed by atoms with Gasteiger partial charge in [0.25, 0.3) is 0 Å². The Hall–Kier alpha value is 0.440. The summed E-state index contributed by atoms with van der Waals surface area (Å²) in [6.45, 7) is 0.820. The molecule has 0 aliphatic heterocycles. The van der Waals surface area contributed by atoms with E-state index < -0.39 is 10.0 Å². The van der Waals surface area contributed by atoms with Crippen molar-refractivity contribution in [3.8, 4) is 0 Å². The zero-order chi connectivity index (χ0) is 13.1. The Kier molecular flexibility index (Phi) is 8.08. The van der Waals surface area contributed by atoms with E-state index >= 15 is 0 Å². The van der Waals surface area contributed by atoms with Crippen LogP contribution in [0, 0.1) is 0 Å². The van der Waals surface area contributed by atoms with Crippen LogP contribution in [0.2, 0.25) is 10.0 Å². The summed E-state index contributed by atoms with van der Waals surface area (Å²) < 4.78 is 26.7. The number of sulfonamides is 1. The average molecular weight is 399 g/mol. The Morgan fingerprint density at radius 1 is 1.22 bits per heavy atom. The highest BCUT2D eigenvalue weighted by molar-refractivity contribution is 9.10. The quantitative estimate of drug-likeness (QED) is 0.592. The molecule has 1 aromatic rings. The van der Waals surface area contributed by atoms with Crippen molar-refractivity contribution >= 4 is 61.6 Å². The number of nitrogens with one attached hydrogen (secondary N) is 2. The van der Waals surface area contributed by atoms with Gasteiger partial charge < -0.3 is 5.32 Å². The van der Waals surface area contributed by atoms with Crippen LogP contribution in [-0.2, 0) is 10.0 Å². The predicted molar refractivity (Wildman–Crippen MR) is 80.5 cm³/mol. The van der Waals surface area contributed by atoms with Crippen LogP contribution in [0.4, 0.5) is 0 Å². The largest absolute Gasteiger partial charge is 0.318 e. The first-order valence-electron chi connectivity index (χ1n) is 4.67. The third kappa shape index (κ3) is 4.85. The van der Waals surface area contributed by atoms with E-state index in [1.54, 1.807) is 7.05 Å². The van der Waals surface area contributed by atoms with Gasteiger partial charge in [0.1, 0.15) is 4.90 Å². The van der Waals surface area contributed by atoms with Crippen molar-refractivity contribution in [3.63, 3.8) is 0 Å². The Morgan fingerprint density at radius 3 is 2.39 bits per heavy atom. The minimum Gasteiger partial charge on any atom is -0.318 e. The number of halogens is 4. The summed E-state index contributed by atoms with van der Waals surface area (Å²) in [5, 5.41) is 3.29. The zero-order valence-corrected chi connectivity index (χ0v) is 14.1. The van der Waals surface area contributed by atoms with E-state index in [9.17, 15) is 8.42 Å². The highest BCUT2D eigenvalue weighted by Gasteiger charge is 2.19. The molecule has 1 aromatic carbocycles. The molecule has 0 unspecified atom stereocenters. The molecule has 0 fully saturated rings. The molecule has 0 aromatic heterocycles. The van der Waals surface area contributed by atoms with Gasteiger partial charge in [0, 0.05) is 17.6 Å². The highest BCUT2D eigenvalue weighted by atomic mass is 79.9. The zero-order valence-electron chi connectivity index (χ0n) is 9.34. The first-order chi connectivity index (χ1) is 7.88. The smallest absolute Gasteiger partial charge is 0.242 e. The lowest BCUT2D eigenvalue weighted by Crippen LogP contribution is -2.30. The molecular weight excluding hydrogens is 386 g/mol. The summed E-state index contributed by atoms with van der Waals surface area (Å²) in [6.07, 6.45) is 0. The van der Waals surface area contributed by atoms with Crippen LogP contribution < -0.4 is 10.0 Å². The molecule has 0 aliphatic rings. The maximum atomic E-state index is 11.9. The fourth-order valence-electron chi connectivity index (χ4n) is 1.10. The molecule has 0 spiro atoms. The van der Waals surface area contributed by atoms with Gasteiger partial charge in [-0.25, -0.2) is 13.1 Å². The number of rotatable bonds is 5. The predicted octanol–water partition coefficient (Wildman–Crippen LogP) is 2.68. The Bertz CT molecular complexity index is 511. The van der Waals surface area contributed by atoms with E-state index in [0.717, 1.165) is 0 Å². The third-order valence-electron chi connectivity index (χ3n) is 1.93. The fourth-order valence-corrected chi connectivity index (χ4v) is 3.40. The van der Waals surface area contributed by atoms with E-state index in [4.69, 9.17) is 23.2 Å². The summed E-state index contributed by atoms with van der Waals surface area (Å²) in [6, 6.07) is 2.77. The molecule has 0 saturated heterocycles. The molecule has 0 atom stereocenters. The van der Waals surface area contributed by atoms with Gasteiger partial charge in [-0.3, -0.25) is 0 Å². The number of hydrogen-bond acceptors (Lipinski definition) is 3. The maximum absolute atomic E-state index is 11.9. The molecule has 2 N–H and O–H groups in total. The number of likely N-dealkylation sites (N-methyl/N-ethyl adjacent to an activating group) is 1. The van der Waals surface area contributed by atoms with Crippen molar-refractivity contribution in [3.05, 3.63) is 26.7 Å². The topological polar surface area (TPSA) is 58.2 Å². The van der Waals surface area contributed by atoms with Crippen LogP contribution >= 0.6 is 51.5 Å². The maximum Gasteiger partial charge on any atom is 0.242 e. The van der Waals surface area contributed by atoms with Crippen LogP contribution in [0.15, 0.2) is 21.5 Å². The lowest BCUT2D eigenvalue weighted by Gasteiger charge is -2.09. The summed E-state index contributed by atoms with van der Waals surface area (Å²) in [5.41, 5.74) is 0.